The van der Waals surface area contributed by atoms with Gasteiger partial charge in [0.1, 0.15) is 6.54 Å². The van der Waals surface area contributed by atoms with Crippen LogP contribution >= 0.6 is 0 Å². The van der Waals surface area contributed by atoms with E-state index in [2.05, 4.69) is 30.5 Å². The Bertz CT molecular complexity index is 663. The molecule has 1 saturated heterocycles. The minimum atomic E-state index is 0.300. The lowest BCUT2D eigenvalue weighted by atomic mass is 9.98. The molecule has 0 bridgehead atoms. The van der Waals surface area contributed by atoms with Gasteiger partial charge in [-0.25, -0.2) is 0 Å². The highest BCUT2D eigenvalue weighted by atomic mass is 16.1. The molecule has 1 aromatic heterocycles. The number of hydrogen-bond acceptors (Lipinski definition) is 1. The molecule has 0 radical (unpaired) electrons. The van der Waals surface area contributed by atoms with Crippen molar-refractivity contribution in [2.75, 3.05) is 19.6 Å². The van der Waals surface area contributed by atoms with Gasteiger partial charge in [-0.2, -0.15) is 0 Å². The zero-order chi connectivity index (χ0) is 15.0. The number of carbonyl (C=O) groups excluding carboxylic acids is 1. The molecule has 2 aromatic rings. The highest BCUT2D eigenvalue weighted by molar-refractivity contribution is 6.09. The van der Waals surface area contributed by atoms with Crippen LogP contribution in [-0.2, 0) is 7.05 Å². The van der Waals surface area contributed by atoms with E-state index in [9.17, 15) is 4.79 Å². The van der Waals surface area contributed by atoms with E-state index in [1.807, 2.05) is 19.2 Å². The zero-order valence-electron chi connectivity index (χ0n) is 13.3. The quantitative estimate of drug-likeness (QED) is 0.858. The monoisotopic (exact) mass is 285 g/mol. The standard InChI is InChI=1S/C18H24N2O/c1-13-8-10-20(11-9-13)12-17(21)18-14(2)19(3)16-7-5-4-6-15(16)18/h4-7,13H,8-12H2,1-3H3/p+1. The summed E-state index contributed by atoms with van der Waals surface area (Å²) in [5.41, 5.74) is 3.17. The second-order valence-corrected chi connectivity index (χ2v) is 6.57. The molecule has 3 rings (SSSR count). The van der Waals surface area contributed by atoms with Gasteiger partial charge in [-0.3, -0.25) is 4.79 Å². The molecule has 0 atom stereocenters. The number of fused-ring (bicyclic) bond motifs is 1. The normalized spacial score (nSPS) is 22.6. The molecule has 3 nitrogen and oxygen atoms in total. The Hall–Kier alpha value is -1.61. The van der Waals surface area contributed by atoms with Gasteiger partial charge in [-0.1, -0.05) is 25.1 Å². The van der Waals surface area contributed by atoms with Gasteiger partial charge in [0.2, 0.25) is 5.78 Å². The van der Waals surface area contributed by atoms with Crippen molar-refractivity contribution in [2.45, 2.75) is 26.7 Å². The van der Waals surface area contributed by atoms with Gasteiger partial charge in [0.25, 0.3) is 0 Å². The maximum absolute atomic E-state index is 12.8. The molecule has 112 valence electrons. The van der Waals surface area contributed by atoms with E-state index in [-0.39, 0.29) is 0 Å². The van der Waals surface area contributed by atoms with Crippen LogP contribution in [0.3, 0.4) is 0 Å². The number of hydrogen-bond donors (Lipinski definition) is 1. The number of quaternary nitrogens is 1. The van der Waals surface area contributed by atoms with Crippen LogP contribution in [-0.4, -0.2) is 30.0 Å². The largest absolute Gasteiger partial charge is 0.347 e. The second kappa shape index (κ2) is 5.64. The number of nitrogens with one attached hydrogen (secondary N) is 1. The summed E-state index contributed by atoms with van der Waals surface area (Å²) in [6, 6.07) is 8.22. The maximum atomic E-state index is 12.8. The van der Waals surface area contributed by atoms with Crippen LogP contribution in [0.4, 0.5) is 0 Å². The van der Waals surface area contributed by atoms with Crippen molar-refractivity contribution >= 4 is 16.7 Å². The first-order chi connectivity index (χ1) is 10.1. The third kappa shape index (κ3) is 2.62. The van der Waals surface area contributed by atoms with Crippen LogP contribution in [0.25, 0.3) is 10.9 Å². The van der Waals surface area contributed by atoms with Gasteiger partial charge >= 0.3 is 0 Å². The molecule has 2 heterocycles. The second-order valence-electron chi connectivity index (χ2n) is 6.57. The number of aromatic nitrogens is 1. The highest BCUT2D eigenvalue weighted by Gasteiger charge is 2.25. The molecule has 0 aliphatic carbocycles. The minimum absolute atomic E-state index is 0.300. The fourth-order valence-electron chi connectivity index (χ4n) is 3.54. The molecule has 1 aliphatic heterocycles. The Morgan fingerprint density at radius 2 is 1.95 bits per heavy atom. The molecular formula is C18H25N2O+. The fourth-order valence-corrected chi connectivity index (χ4v) is 3.54. The van der Waals surface area contributed by atoms with Crippen molar-refractivity contribution in [3.05, 3.63) is 35.5 Å². The van der Waals surface area contributed by atoms with Crippen LogP contribution in [0.2, 0.25) is 0 Å². The van der Waals surface area contributed by atoms with Crippen molar-refractivity contribution in [3.63, 3.8) is 0 Å². The lowest BCUT2D eigenvalue weighted by Crippen LogP contribution is -3.13. The fraction of sp³-hybridized carbons (Fsp3) is 0.500. The van der Waals surface area contributed by atoms with Crippen LogP contribution in [0.15, 0.2) is 24.3 Å². The van der Waals surface area contributed by atoms with Gasteiger partial charge in [0.05, 0.1) is 18.7 Å². The predicted octanol–water partition coefficient (Wildman–Crippen LogP) is 1.98. The molecule has 0 saturated carbocycles. The first-order valence-electron chi connectivity index (χ1n) is 7.98. The van der Waals surface area contributed by atoms with Crippen molar-refractivity contribution in [3.8, 4) is 0 Å². The summed E-state index contributed by atoms with van der Waals surface area (Å²) >= 11 is 0. The number of likely N-dealkylation sites (tertiary alicyclic amines) is 1. The molecule has 1 N–H and O–H groups in total. The Morgan fingerprint density at radius 3 is 2.67 bits per heavy atom. The summed E-state index contributed by atoms with van der Waals surface area (Å²) in [5.74, 6) is 1.12. The Kier molecular flexibility index (Phi) is 3.85. The Balaban J connectivity index is 1.86. The SMILES string of the molecule is Cc1c(C(=O)C[NH+]2CCC(C)CC2)c2ccccc2n1C. The smallest absolute Gasteiger partial charge is 0.219 e. The number of piperidine rings is 1. The van der Waals surface area contributed by atoms with Crippen LogP contribution in [0.1, 0.15) is 35.8 Å². The molecule has 1 aromatic carbocycles. The highest BCUT2D eigenvalue weighted by Crippen LogP contribution is 2.24. The lowest BCUT2D eigenvalue weighted by Gasteiger charge is -2.26. The number of nitrogens with zero attached hydrogens (tertiary/aromatic N) is 1. The summed E-state index contributed by atoms with van der Waals surface area (Å²) in [6.07, 6.45) is 2.49. The molecule has 0 unspecified atom stereocenters. The third-order valence-corrected chi connectivity index (χ3v) is 5.07. The van der Waals surface area contributed by atoms with Crippen LogP contribution < -0.4 is 4.90 Å². The van der Waals surface area contributed by atoms with E-state index in [0.717, 1.165) is 41.2 Å². The molecule has 1 aliphatic rings. The third-order valence-electron chi connectivity index (χ3n) is 5.07. The predicted molar refractivity (Wildman–Crippen MR) is 85.9 cm³/mol. The van der Waals surface area contributed by atoms with E-state index in [0.29, 0.717) is 12.3 Å². The molecular weight excluding hydrogens is 260 g/mol. The minimum Gasteiger partial charge on any atom is -0.347 e. The van der Waals surface area contributed by atoms with Gasteiger partial charge in [-0.05, 0) is 31.7 Å². The van der Waals surface area contributed by atoms with Gasteiger partial charge in [0, 0.05) is 23.6 Å². The topological polar surface area (TPSA) is 26.4 Å². The van der Waals surface area contributed by atoms with Crippen molar-refractivity contribution in [1.82, 2.24) is 4.57 Å². The number of carbonyl (C=O) groups is 1. The van der Waals surface area contributed by atoms with Crippen molar-refractivity contribution < 1.29 is 9.69 Å². The molecule has 0 amide bonds. The van der Waals surface area contributed by atoms with E-state index in [4.69, 9.17) is 0 Å². The molecule has 21 heavy (non-hydrogen) atoms. The number of ketones is 1. The Morgan fingerprint density at radius 1 is 1.29 bits per heavy atom. The zero-order valence-corrected chi connectivity index (χ0v) is 13.3. The first-order valence-corrected chi connectivity index (χ1v) is 7.98. The summed E-state index contributed by atoms with van der Waals surface area (Å²) in [5, 5.41) is 1.10. The molecule has 0 spiro atoms. The number of rotatable bonds is 3. The van der Waals surface area contributed by atoms with E-state index in [1.165, 1.54) is 17.7 Å². The van der Waals surface area contributed by atoms with E-state index >= 15 is 0 Å². The van der Waals surface area contributed by atoms with Crippen LogP contribution in [0.5, 0.6) is 0 Å². The molecule has 1 fully saturated rings. The van der Waals surface area contributed by atoms with Crippen molar-refractivity contribution in [2.24, 2.45) is 13.0 Å². The average Bonchev–Trinajstić information content (AvgIpc) is 2.74. The van der Waals surface area contributed by atoms with Gasteiger partial charge in [0.15, 0.2) is 0 Å². The Labute approximate surface area is 126 Å². The summed E-state index contributed by atoms with van der Waals surface area (Å²) in [4.78, 5) is 14.3. The number of para-hydroxylation sites is 1. The van der Waals surface area contributed by atoms with Gasteiger partial charge < -0.3 is 9.47 Å². The number of Topliss-reactive ketones (excluding diaryl/α,β-unsaturated/α-hetero) is 1. The van der Waals surface area contributed by atoms with E-state index in [1.54, 1.807) is 0 Å². The van der Waals surface area contributed by atoms with Crippen LogP contribution in [0, 0.1) is 12.8 Å². The summed E-state index contributed by atoms with van der Waals surface area (Å²) < 4.78 is 2.14. The number of aryl methyl sites for hydroxylation is 1. The maximum Gasteiger partial charge on any atom is 0.219 e. The van der Waals surface area contributed by atoms with Crippen molar-refractivity contribution in [1.29, 1.82) is 0 Å². The average molecular weight is 285 g/mol. The van der Waals surface area contributed by atoms with E-state index < -0.39 is 0 Å². The summed E-state index contributed by atoms with van der Waals surface area (Å²) in [6.45, 7) is 7.28. The van der Waals surface area contributed by atoms with Gasteiger partial charge in [-0.15, -0.1) is 0 Å². The first kappa shape index (κ1) is 14.3. The summed E-state index contributed by atoms with van der Waals surface area (Å²) in [7, 11) is 2.05. The lowest BCUT2D eigenvalue weighted by molar-refractivity contribution is -0.897. The molecule has 3 heteroatoms. The number of benzene rings is 1.